The lowest BCUT2D eigenvalue weighted by Gasteiger charge is -2.24. The molecule has 2 aromatic rings. The lowest BCUT2D eigenvalue weighted by atomic mass is 9.83. The quantitative estimate of drug-likeness (QED) is 0.784. The van der Waals surface area contributed by atoms with Crippen molar-refractivity contribution in [3.63, 3.8) is 0 Å². The number of amides is 3. The van der Waals surface area contributed by atoms with Crippen LogP contribution in [0.5, 0.6) is 0 Å². The van der Waals surface area contributed by atoms with Crippen molar-refractivity contribution in [3.05, 3.63) is 65.0 Å². The Morgan fingerprint density at radius 1 is 1.14 bits per heavy atom. The molecule has 2 heterocycles. The van der Waals surface area contributed by atoms with Crippen LogP contribution in [0.25, 0.3) is 0 Å². The Hall–Kier alpha value is -3.35. The maximum absolute atomic E-state index is 12.9. The number of hydrogen-bond acceptors (Lipinski definition) is 5. The molecule has 2 N–H and O–H groups in total. The highest BCUT2D eigenvalue weighted by Crippen LogP contribution is 2.36. The second-order valence-electron chi connectivity index (χ2n) is 7.10. The van der Waals surface area contributed by atoms with Crippen molar-refractivity contribution < 1.29 is 19.2 Å². The topological polar surface area (TPSA) is 105 Å². The first-order valence-electron chi connectivity index (χ1n) is 9.21. The van der Waals surface area contributed by atoms with E-state index in [9.17, 15) is 19.2 Å². The summed E-state index contributed by atoms with van der Waals surface area (Å²) in [6.07, 6.45) is 4.18. The number of carbonyl (C=O) groups is 4. The van der Waals surface area contributed by atoms with Gasteiger partial charge in [0.2, 0.25) is 11.8 Å². The molecule has 0 saturated carbocycles. The van der Waals surface area contributed by atoms with E-state index < -0.39 is 11.8 Å². The Morgan fingerprint density at radius 2 is 2.00 bits per heavy atom. The largest absolute Gasteiger partial charge is 0.348 e. The van der Waals surface area contributed by atoms with Gasteiger partial charge in [0.25, 0.3) is 5.91 Å². The summed E-state index contributed by atoms with van der Waals surface area (Å²) >= 11 is 0. The van der Waals surface area contributed by atoms with E-state index in [-0.39, 0.29) is 36.5 Å². The third-order valence-corrected chi connectivity index (χ3v) is 5.43. The highest BCUT2D eigenvalue weighted by atomic mass is 16.2. The van der Waals surface area contributed by atoms with Crippen molar-refractivity contribution >= 4 is 23.5 Å². The lowest BCUT2D eigenvalue weighted by molar-refractivity contribution is -0.137. The molecule has 1 aromatic carbocycles. The van der Waals surface area contributed by atoms with Gasteiger partial charge >= 0.3 is 0 Å². The van der Waals surface area contributed by atoms with Gasteiger partial charge in [0.15, 0.2) is 5.78 Å². The molecule has 1 aliphatic carbocycles. The molecular formula is C21H19N3O4. The van der Waals surface area contributed by atoms with Crippen molar-refractivity contribution in [2.45, 2.75) is 25.8 Å². The summed E-state index contributed by atoms with van der Waals surface area (Å²) in [4.78, 5) is 52.7. The van der Waals surface area contributed by atoms with Crippen molar-refractivity contribution in [2.75, 3.05) is 0 Å². The molecule has 1 aromatic heterocycles. The highest BCUT2D eigenvalue weighted by Gasteiger charge is 2.42. The predicted octanol–water partition coefficient (Wildman–Crippen LogP) is 1.42. The van der Waals surface area contributed by atoms with Crippen molar-refractivity contribution in [3.8, 4) is 0 Å². The number of nitrogens with one attached hydrogen (secondary N) is 2. The molecule has 1 saturated heterocycles. The zero-order chi connectivity index (χ0) is 19.7. The van der Waals surface area contributed by atoms with E-state index in [1.165, 1.54) is 6.20 Å². The number of Topliss-reactive ketones (excluding diaryl/α,β-unsaturated/α-hetero) is 1. The van der Waals surface area contributed by atoms with E-state index in [0.29, 0.717) is 24.0 Å². The summed E-state index contributed by atoms with van der Waals surface area (Å²) < 4.78 is 0. The van der Waals surface area contributed by atoms with E-state index in [1.807, 2.05) is 6.07 Å². The van der Waals surface area contributed by atoms with Gasteiger partial charge in [-0.25, -0.2) is 0 Å². The van der Waals surface area contributed by atoms with E-state index in [0.717, 1.165) is 11.1 Å². The standard InChI is InChI=1S/C21H19N3O4/c25-18-7-6-15(21(28)24-18)17-9-16-12(3-1-5-14(16)19(17)26)11-23-20(27)13-4-2-8-22-10-13/h1-5,8,10,15,17H,6-7,9,11H2,(H,23,27)(H,24,25,28). The molecule has 0 radical (unpaired) electrons. The zero-order valence-electron chi connectivity index (χ0n) is 15.1. The number of benzene rings is 1. The second kappa shape index (κ2) is 7.34. The molecule has 2 unspecified atom stereocenters. The SMILES string of the molecule is O=C1CCC(C2Cc3c(CNC(=O)c4cccnc4)cccc3C2=O)C(=O)N1. The van der Waals surface area contributed by atoms with Gasteiger partial charge < -0.3 is 5.32 Å². The molecule has 2 atom stereocenters. The number of carbonyl (C=O) groups excluding carboxylic acids is 4. The summed E-state index contributed by atoms with van der Waals surface area (Å²) in [5.41, 5.74) is 2.79. The third-order valence-electron chi connectivity index (χ3n) is 5.43. The number of imide groups is 1. The number of ketones is 1. The number of pyridine rings is 1. The number of hydrogen-bond donors (Lipinski definition) is 2. The van der Waals surface area contributed by atoms with Gasteiger partial charge in [0.05, 0.1) is 5.56 Å². The summed E-state index contributed by atoms with van der Waals surface area (Å²) in [7, 11) is 0. The number of rotatable bonds is 4. The number of piperidine rings is 1. The summed E-state index contributed by atoms with van der Waals surface area (Å²) in [6, 6.07) is 8.80. The van der Waals surface area contributed by atoms with Crippen LogP contribution in [0.4, 0.5) is 0 Å². The molecule has 2 aliphatic rings. The molecule has 1 aliphatic heterocycles. The zero-order valence-corrected chi connectivity index (χ0v) is 15.1. The van der Waals surface area contributed by atoms with E-state index >= 15 is 0 Å². The molecule has 28 heavy (non-hydrogen) atoms. The van der Waals surface area contributed by atoms with E-state index in [1.54, 1.807) is 30.5 Å². The summed E-state index contributed by atoms with van der Waals surface area (Å²) in [5.74, 6) is -1.91. The van der Waals surface area contributed by atoms with Crippen LogP contribution in [-0.2, 0) is 22.6 Å². The van der Waals surface area contributed by atoms with Gasteiger partial charge in [-0.1, -0.05) is 18.2 Å². The number of nitrogens with zero attached hydrogens (tertiary/aromatic N) is 1. The molecule has 0 bridgehead atoms. The van der Waals surface area contributed by atoms with E-state index in [4.69, 9.17) is 0 Å². The molecule has 3 amide bonds. The monoisotopic (exact) mass is 377 g/mol. The first-order valence-corrected chi connectivity index (χ1v) is 9.21. The smallest absolute Gasteiger partial charge is 0.253 e. The molecule has 7 nitrogen and oxygen atoms in total. The van der Waals surface area contributed by atoms with Crippen LogP contribution in [-0.4, -0.2) is 28.5 Å². The highest BCUT2D eigenvalue weighted by molar-refractivity contribution is 6.07. The van der Waals surface area contributed by atoms with Crippen molar-refractivity contribution in [1.29, 1.82) is 0 Å². The van der Waals surface area contributed by atoms with Crippen LogP contribution < -0.4 is 10.6 Å². The van der Waals surface area contributed by atoms with Gasteiger partial charge in [-0.05, 0) is 36.1 Å². The maximum Gasteiger partial charge on any atom is 0.253 e. The first-order chi connectivity index (χ1) is 13.5. The fraction of sp³-hybridized carbons (Fsp3) is 0.286. The number of aromatic nitrogens is 1. The van der Waals surface area contributed by atoms with E-state index in [2.05, 4.69) is 15.6 Å². The maximum atomic E-state index is 12.9. The minimum Gasteiger partial charge on any atom is -0.348 e. The van der Waals surface area contributed by atoms with Crippen LogP contribution >= 0.6 is 0 Å². The molecule has 0 spiro atoms. The minimum absolute atomic E-state index is 0.0649. The molecule has 142 valence electrons. The Morgan fingerprint density at radius 3 is 2.75 bits per heavy atom. The van der Waals surface area contributed by atoms with Gasteiger partial charge in [-0.2, -0.15) is 0 Å². The fourth-order valence-corrected chi connectivity index (χ4v) is 3.98. The number of fused-ring (bicyclic) bond motifs is 1. The van der Waals surface area contributed by atoms with Crippen LogP contribution in [0.1, 0.15) is 44.7 Å². The molecule has 1 fully saturated rings. The Labute approximate surface area is 161 Å². The first kappa shape index (κ1) is 18.0. The van der Waals surface area contributed by atoms with Crippen molar-refractivity contribution in [2.24, 2.45) is 11.8 Å². The second-order valence-corrected chi connectivity index (χ2v) is 7.10. The predicted molar refractivity (Wildman–Crippen MR) is 99.2 cm³/mol. The van der Waals surface area contributed by atoms with Gasteiger partial charge in [0, 0.05) is 42.8 Å². The lowest BCUT2D eigenvalue weighted by Crippen LogP contribution is -2.44. The molecule has 7 heteroatoms. The van der Waals surface area contributed by atoms with Crippen LogP contribution in [0.15, 0.2) is 42.7 Å². The third kappa shape index (κ3) is 3.31. The van der Waals surface area contributed by atoms with Crippen LogP contribution in [0.3, 0.4) is 0 Å². The average Bonchev–Trinajstić information content (AvgIpc) is 3.04. The Kier molecular flexibility index (Phi) is 4.73. The van der Waals surface area contributed by atoms with Crippen LogP contribution in [0, 0.1) is 11.8 Å². The molecular weight excluding hydrogens is 358 g/mol. The van der Waals surface area contributed by atoms with Crippen LogP contribution in [0.2, 0.25) is 0 Å². The normalized spacial score (nSPS) is 21.2. The fourth-order valence-electron chi connectivity index (χ4n) is 3.98. The average molecular weight is 377 g/mol. The van der Waals surface area contributed by atoms with Gasteiger partial charge in [-0.15, -0.1) is 0 Å². The van der Waals surface area contributed by atoms with Crippen molar-refractivity contribution in [1.82, 2.24) is 15.6 Å². The Balaban J connectivity index is 1.51. The van der Waals surface area contributed by atoms with Gasteiger partial charge in [-0.3, -0.25) is 29.5 Å². The molecule has 4 rings (SSSR count). The summed E-state index contributed by atoms with van der Waals surface area (Å²) in [5, 5.41) is 5.19. The van der Waals surface area contributed by atoms with Gasteiger partial charge in [0.1, 0.15) is 0 Å². The Bertz CT molecular complexity index is 971. The minimum atomic E-state index is -0.490. The summed E-state index contributed by atoms with van der Waals surface area (Å²) in [6.45, 7) is 0.284.